The van der Waals surface area contributed by atoms with Crippen molar-refractivity contribution < 1.29 is 0 Å². The molecule has 4 heteroatoms. The summed E-state index contributed by atoms with van der Waals surface area (Å²) in [6.45, 7) is 2.09. The predicted molar refractivity (Wildman–Crippen MR) is 80.4 cm³/mol. The third-order valence-electron chi connectivity index (χ3n) is 3.77. The molecule has 0 unspecified atom stereocenters. The molecule has 100 valence electrons. The van der Waals surface area contributed by atoms with Crippen LogP contribution in [-0.4, -0.2) is 14.5 Å². The average molecular weight is 264 g/mol. The molecule has 2 aromatic heterocycles. The Bertz CT molecular complexity index is 799. The molecule has 1 aliphatic rings. The van der Waals surface area contributed by atoms with E-state index in [4.69, 9.17) is 10.7 Å². The highest BCUT2D eigenvalue weighted by atomic mass is 15.1. The lowest BCUT2D eigenvalue weighted by Crippen LogP contribution is -1.98. The van der Waals surface area contributed by atoms with Crippen LogP contribution in [0.5, 0.6) is 0 Å². The predicted octanol–water partition coefficient (Wildman–Crippen LogP) is 3.32. The summed E-state index contributed by atoms with van der Waals surface area (Å²) in [5.41, 5.74) is 11.0. The van der Waals surface area contributed by atoms with Crippen molar-refractivity contribution in [1.29, 1.82) is 0 Å². The van der Waals surface area contributed by atoms with Crippen molar-refractivity contribution in [2.45, 2.75) is 25.8 Å². The molecule has 2 heterocycles. The number of imidazole rings is 1. The molecule has 1 saturated carbocycles. The molecule has 0 atom stereocenters. The first kappa shape index (κ1) is 11.5. The van der Waals surface area contributed by atoms with Crippen molar-refractivity contribution in [3.8, 4) is 11.4 Å². The van der Waals surface area contributed by atoms with Gasteiger partial charge in [-0.05, 0) is 43.5 Å². The lowest BCUT2D eigenvalue weighted by atomic mass is 10.2. The van der Waals surface area contributed by atoms with Gasteiger partial charge in [0.2, 0.25) is 0 Å². The number of hydrogen-bond donors (Lipinski definition) is 1. The first-order valence-electron chi connectivity index (χ1n) is 6.92. The molecule has 1 aromatic carbocycles. The summed E-state index contributed by atoms with van der Waals surface area (Å²) in [5.74, 6) is 0.980. The molecule has 0 bridgehead atoms. The summed E-state index contributed by atoms with van der Waals surface area (Å²) in [4.78, 5) is 9.00. The molecule has 3 aromatic rings. The minimum atomic E-state index is 0.569. The summed E-state index contributed by atoms with van der Waals surface area (Å²) in [5, 5.41) is 0. The van der Waals surface area contributed by atoms with E-state index in [0.29, 0.717) is 11.7 Å². The first-order valence-corrected chi connectivity index (χ1v) is 6.92. The van der Waals surface area contributed by atoms with Crippen LogP contribution in [-0.2, 0) is 0 Å². The minimum absolute atomic E-state index is 0.569. The van der Waals surface area contributed by atoms with E-state index in [1.165, 1.54) is 23.9 Å². The molecule has 0 saturated heterocycles. The highest BCUT2D eigenvalue weighted by Gasteiger charge is 2.28. The molecule has 20 heavy (non-hydrogen) atoms. The van der Waals surface area contributed by atoms with Crippen LogP contribution in [0.2, 0.25) is 0 Å². The van der Waals surface area contributed by atoms with Gasteiger partial charge in [-0.3, -0.25) is 4.98 Å². The van der Waals surface area contributed by atoms with Crippen LogP contribution in [0.15, 0.2) is 36.7 Å². The van der Waals surface area contributed by atoms with Gasteiger partial charge in [-0.2, -0.15) is 0 Å². The summed E-state index contributed by atoms with van der Waals surface area (Å²) >= 11 is 0. The molecule has 4 nitrogen and oxygen atoms in total. The molecule has 0 aliphatic heterocycles. The second-order valence-electron chi connectivity index (χ2n) is 5.54. The topological polar surface area (TPSA) is 56.7 Å². The molecule has 0 radical (unpaired) electrons. The van der Waals surface area contributed by atoms with E-state index < -0.39 is 0 Å². The number of aryl methyl sites for hydroxylation is 1. The van der Waals surface area contributed by atoms with E-state index in [9.17, 15) is 0 Å². The Balaban J connectivity index is 2.00. The Morgan fingerprint density at radius 2 is 2.05 bits per heavy atom. The zero-order chi connectivity index (χ0) is 13.7. The van der Waals surface area contributed by atoms with Crippen molar-refractivity contribution in [3.63, 3.8) is 0 Å². The molecule has 4 rings (SSSR count). The van der Waals surface area contributed by atoms with Crippen LogP contribution in [0.4, 0.5) is 5.69 Å². The molecule has 1 aliphatic carbocycles. The Morgan fingerprint density at radius 1 is 1.20 bits per heavy atom. The standard InChI is InChI=1S/C16H16N4/c1-10-2-5-15-14(6-10)19-16(20(15)13-3-4-13)11-7-12(17)9-18-8-11/h2,5-9,13H,3-4,17H2,1H3. The van der Waals surface area contributed by atoms with Gasteiger partial charge in [0, 0.05) is 24.0 Å². The fraction of sp³-hybridized carbons (Fsp3) is 0.250. The SMILES string of the molecule is Cc1ccc2c(c1)nc(-c1cncc(N)c1)n2C1CC1. The fourth-order valence-electron chi connectivity index (χ4n) is 2.69. The van der Waals surface area contributed by atoms with Crippen molar-refractivity contribution in [1.82, 2.24) is 14.5 Å². The zero-order valence-corrected chi connectivity index (χ0v) is 11.4. The molecular weight excluding hydrogens is 248 g/mol. The molecule has 1 fully saturated rings. The number of nitrogens with two attached hydrogens (primary N) is 1. The second-order valence-corrected chi connectivity index (χ2v) is 5.54. The van der Waals surface area contributed by atoms with Crippen LogP contribution in [0.25, 0.3) is 22.4 Å². The van der Waals surface area contributed by atoms with E-state index in [1.54, 1.807) is 6.20 Å². The van der Waals surface area contributed by atoms with Gasteiger partial charge in [-0.15, -0.1) is 0 Å². The van der Waals surface area contributed by atoms with Crippen molar-refractivity contribution in [3.05, 3.63) is 42.2 Å². The van der Waals surface area contributed by atoms with Gasteiger partial charge in [-0.1, -0.05) is 6.07 Å². The van der Waals surface area contributed by atoms with E-state index in [0.717, 1.165) is 16.9 Å². The van der Waals surface area contributed by atoms with Crippen LogP contribution >= 0.6 is 0 Å². The van der Waals surface area contributed by atoms with Crippen LogP contribution in [0.3, 0.4) is 0 Å². The lowest BCUT2D eigenvalue weighted by Gasteiger charge is -2.07. The van der Waals surface area contributed by atoms with Crippen LogP contribution < -0.4 is 5.73 Å². The summed E-state index contributed by atoms with van der Waals surface area (Å²) in [6.07, 6.45) is 5.95. The third-order valence-corrected chi connectivity index (χ3v) is 3.77. The number of anilines is 1. The monoisotopic (exact) mass is 264 g/mol. The number of nitrogens with zero attached hydrogens (tertiary/aromatic N) is 3. The normalized spacial score (nSPS) is 14.8. The van der Waals surface area contributed by atoms with Gasteiger partial charge in [0.1, 0.15) is 5.82 Å². The van der Waals surface area contributed by atoms with E-state index in [2.05, 4.69) is 34.7 Å². The smallest absolute Gasteiger partial charge is 0.143 e. The first-order chi connectivity index (χ1) is 9.72. The van der Waals surface area contributed by atoms with Gasteiger partial charge in [-0.25, -0.2) is 4.98 Å². The number of rotatable bonds is 2. The van der Waals surface area contributed by atoms with Crippen LogP contribution in [0.1, 0.15) is 24.4 Å². The number of aromatic nitrogens is 3. The van der Waals surface area contributed by atoms with Gasteiger partial charge in [0.05, 0.1) is 16.7 Å². The molecular formula is C16H16N4. The van der Waals surface area contributed by atoms with Gasteiger partial charge < -0.3 is 10.3 Å². The van der Waals surface area contributed by atoms with Crippen molar-refractivity contribution in [2.24, 2.45) is 0 Å². The largest absolute Gasteiger partial charge is 0.397 e. The summed E-state index contributed by atoms with van der Waals surface area (Å²) in [6, 6.07) is 8.96. The Hall–Kier alpha value is -2.36. The fourth-order valence-corrected chi connectivity index (χ4v) is 2.69. The Kier molecular flexibility index (Phi) is 2.33. The quantitative estimate of drug-likeness (QED) is 0.772. The zero-order valence-electron chi connectivity index (χ0n) is 11.4. The van der Waals surface area contributed by atoms with Gasteiger partial charge in [0.15, 0.2) is 0 Å². The van der Waals surface area contributed by atoms with Gasteiger partial charge in [0.25, 0.3) is 0 Å². The maximum Gasteiger partial charge on any atom is 0.143 e. The highest BCUT2D eigenvalue weighted by Crippen LogP contribution is 2.41. The number of nitrogen functional groups attached to an aromatic ring is 1. The van der Waals surface area contributed by atoms with Crippen LogP contribution in [0, 0.1) is 6.92 Å². The highest BCUT2D eigenvalue weighted by molar-refractivity contribution is 5.82. The second kappa shape index (κ2) is 4.07. The summed E-state index contributed by atoms with van der Waals surface area (Å²) < 4.78 is 2.34. The number of benzene rings is 1. The maximum atomic E-state index is 5.86. The van der Waals surface area contributed by atoms with Crippen molar-refractivity contribution in [2.75, 3.05) is 5.73 Å². The Morgan fingerprint density at radius 3 is 2.80 bits per heavy atom. The molecule has 0 amide bonds. The Labute approximate surface area is 117 Å². The number of fused-ring (bicyclic) bond motifs is 1. The molecule has 0 spiro atoms. The van der Waals surface area contributed by atoms with E-state index in [-0.39, 0.29) is 0 Å². The number of hydrogen-bond acceptors (Lipinski definition) is 3. The lowest BCUT2D eigenvalue weighted by molar-refractivity contribution is 0.775. The molecule has 2 N–H and O–H groups in total. The minimum Gasteiger partial charge on any atom is -0.397 e. The van der Waals surface area contributed by atoms with Crippen molar-refractivity contribution >= 4 is 16.7 Å². The van der Waals surface area contributed by atoms with E-state index >= 15 is 0 Å². The van der Waals surface area contributed by atoms with Gasteiger partial charge >= 0.3 is 0 Å². The summed E-state index contributed by atoms with van der Waals surface area (Å²) in [7, 11) is 0. The average Bonchev–Trinajstić information content (AvgIpc) is 3.19. The number of pyridine rings is 1. The van der Waals surface area contributed by atoms with E-state index in [1.807, 2.05) is 12.3 Å². The third kappa shape index (κ3) is 1.76. The maximum absolute atomic E-state index is 5.86.